The predicted octanol–water partition coefficient (Wildman–Crippen LogP) is 15.6. The van der Waals surface area contributed by atoms with Crippen LogP contribution in [0, 0.1) is 0 Å². The molecule has 304 valence electrons. The van der Waals surface area contributed by atoms with E-state index < -0.39 is 5.97 Å². The van der Waals surface area contributed by atoms with Crippen LogP contribution in [0.3, 0.4) is 0 Å². The zero-order chi connectivity index (χ0) is 40.6. The normalized spacial score (nSPS) is 14.1. The first kappa shape index (κ1) is 50.6. The third-order valence-electron chi connectivity index (χ3n) is 9.76. The summed E-state index contributed by atoms with van der Waals surface area (Å²) < 4.78 is 5.17. The van der Waals surface area contributed by atoms with Crippen LogP contribution in [0.1, 0.15) is 191 Å². The van der Waals surface area contributed by atoms with E-state index in [1.165, 1.54) is 63.0 Å². The lowest BCUT2D eigenvalue weighted by Crippen LogP contribution is -2.06. The second-order valence-corrected chi connectivity index (χ2v) is 15.9. The molecule has 0 heterocycles. The van der Waals surface area contributed by atoms with Gasteiger partial charge in [0.15, 0.2) is 0 Å². The largest absolute Gasteiger partial charge is 0.481 e. The lowest BCUT2D eigenvalue weighted by molar-refractivity contribution is -0.142. The molecule has 0 radical (unpaired) electrons. The summed E-state index contributed by atoms with van der Waals surface area (Å²) in [5.74, 6) is -1.23. The van der Waals surface area contributed by atoms with Crippen molar-refractivity contribution in [3.05, 3.63) is 105 Å². The van der Waals surface area contributed by atoms with Crippen LogP contribution in [0.25, 0.3) is 0 Å². The van der Waals surface area contributed by atoms with Crippen molar-refractivity contribution in [1.82, 2.24) is 0 Å². The van der Waals surface area contributed by atoms with Crippen molar-refractivity contribution in [2.24, 2.45) is 0 Å². The molecule has 0 aromatic carbocycles. The number of ether oxygens (including phenoxy) is 1. The molecule has 0 saturated carbocycles. The van der Waals surface area contributed by atoms with Crippen LogP contribution in [0.5, 0.6) is 0 Å². The van der Waals surface area contributed by atoms with Gasteiger partial charge in [0.1, 0.15) is 6.61 Å². The maximum atomic E-state index is 11.7. The number of hydrogen-bond donors (Lipinski definition) is 1. The number of carboxylic acids is 1. The van der Waals surface area contributed by atoms with E-state index in [0.29, 0.717) is 6.42 Å². The molecule has 0 aliphatic rings. The molecule has 0 spiro atoms. The van der Waals surface area contributed by atoms with E-state index in [0.717, 1.165) is 89.9 Å². The monoisotopic (exact) mass is 745 g/mol. The van der Waals surface area contributed by atoms with Crippen molar-refractivity contribution in [2.75, 3.05) is 6.61 Å². The average molecular weight is 745 g/mol. The van der Waals surface area contributed by atoms with E-state index in [4.69, 9.17) is 9.84 Å². The van der Waals surface area contributed by atoms with Gasteiger partial charge in [-0.3, -0.25) is 9.59 Å². The van der Waals surface area contributed by atoms with Gasteiger partial charge in [0.25, 0.3) is 0 Å². The maximum Gasteiger partial charge on any atom is 0.306 e. The van der Waals surface area contributed by atoms with Crippen LogP contribution in [0.15, 0.2) is 105 Å². The van der Waals surface area contributed by atoms with Gasteiger partial charge in [-0.2, -0.15) is 0 Å². The number of carbonyl (C=O) groups excluding carboxylic acids is 1. The molecule has 0 aromatic rings. The fourth-order valence-corrected chi connectivity index (χ4v) is 5.96. The van der Waals surface area contributed by atoms with Gasteiger partial charge in [0.2, 0.25) is 0 Å². The highest BCUT2D eigenvalue weighted by Crippen LogP contribution is 2.17. The number of carbonyl (C=O) groups is 2. The highest BCUT2D eigenvalue weighted by atomic mass is 16.5. The summed E-state index contributed by atoms with van der Waals surface area (Å²) in [5, 5.41) is 8.65. The van der Waals surface area contributed by atoms with Gasteiger partial charge in [-0.25, -0.2) is 0 Å². The zero-order valence-electron chi connectivity index (χ0n) is 36.5. The van der Waals surface area contributed by atoms with Crippen molar-refractivity contribution < 1.29 is 19.4 Å². The summed E-state index contributed by atoms with van der Waals surface area (Å²) >= 11 is 0. The summed E-state index contributed by atoms with van der Waals surface area (Å²) in [7, 11) is 0. The summed E-state index contributed by atoms with van der Waals surface area (Å²) in [6.45, 7) is 22.5. The molecule has 0 fully saturated rings. The van der Waals surface area contributed by atoms with E-state index in [1.807, 2.05) is 6.08 Å². The number of hydrogen-bond acceptors (Lipinski definition) is 3. The van der Waals surface area contributed by atoms with Crippen LogP contribution < -0.4 is 0 Å². The minimum absolute atomic E-state index is 0.00456. The molecule has 0 aromatic heterocycles. The Labute approximate surface area is 333 Å². The van der Waals surface area contributed by atoms with Gasteiger partial charge in [0.05, 0.1) is 0 Å². The first-order valence-corrected chi connectivity index (χ1v) is 20.9. The molecule has 0 unspecified atom stereocenters. The summed E-state index contributed by atoms with van der Waals surface area (Å²) in [4.78, 5) is 22.2. The lowest BCUT2D eigenvalue weighted by atomic mass is 10.0. The van der Waals surface area contributed by atoms with Crippen LogP contribution in [-0.2, 0) is 14.3 Å². The highest BCUT2D eigenvalue weighted by Gasteiger charge is 2.04. The third-order valence-corrected chi connectivity index (χ3v) is 9.76. The van der Waals surface area contributed by atoms with Gasteiger partial charge in [-0.05, 0) is 184 Å². The van der Waals surface area contributed by atoms with Gasteiger partial charge in [-0.1, -0.05) is 98.8 Å². The minimum atomic E-state index is -0.887. The zero-order valence-corrected chi connectivity index (χ0v) is 36.5. The molecule has 4 nitrogen and oxygen atoms in total. The van der Waals surface area contributed by atoms with Crippen molar-refractivity contribution >= 4 is 11.9 Å². The molecule has 0 amide bonds. The SMILES string of the molecule is CC(C)=CCC/C(C)=C/CC/C(C)=C/CC/C(C)=C/CC/C(C)=C/CC/C(C)=C/CC/C(C)=C/CC/C(C)=C/CC/C(C)=C/COC(=O)CCCC(=O)O. The van der Waals surface area contributed by atoms with Gasteiger partial charge in [0, 0.05) is 12.8 Å². The smallest absolute Gasteiger partial charge is 0.306 e. The Balaban J connectivity index is 4.23. The van der Waals surface area contributed by atoms with E-state index in [-0.39, 0.29) is 25.4 Å². The number of carboxylic acid groups (broad SMARTS) is 1. The Hall–Kier alpha value is -3.40. The Kier molecular flexibility index (Phi) is 30.9. The van der Waals surface area contributed by atoms with Crippen LogP contribution in [0.2, 0.25) is 0 Å². The molecule has 0 aliphatic carbocycles. The standard InChI is InChI=1S/C50H80O4/c1-40(2)20-11-21-41(3)22-12-23-42(4)24-13-25-43(5)26-14-27-44(6)28-15-29-45(7)30-16-31-46(8)32-17-33-47(9)34-18-35-48(10)38-39-54-50(53)37-19-36-49(51)52/h20,22,24,26,28,30,32,34,38H,11-19,21,23,25,27,29,31,33,35-37,39H2,1-10H3,(H,51,52)/b41-22+,42-24+,43-26+,44-28+,45-30+,46-32+,47-34+,48-38+. The molecule has 0 aliphatic heterocycles. The Morgan fingerprint density at radius 3 is 0.889 bits per heavy atom. The van der Waals surface area contributed by atoms with Crippen molar-refractivity contribution in [3.63, 3.8) is 0 Å². The van der Waals surface area contributed by atoms with Crippen molar-refractivity contribution in [2.45, 2.75) is 191 Å². The maximum absolute atomic E-state index is 11.7. The van der Waals surface area contributed by atoms with Crippen molar-refractivity contribution in [3.8, 4) is 0 Å². The average Bonchev–Trinajstić information content (AvgIpc) is 3.08. The summed E-state index contributed by atoms with van der Waals surface area (Å²) in [6, 6.07) is 0. The van der Waals surface area contributed by atoms with Crippen molar-refractivity contribution in [1.29, 1.82) is 0 Å². The number of esters is 1. The molecule has 0 bridgehead atoms. The highest BCUT2D eigenvalue weighted by molar-refractivity contribution is 5.71. The van der Waals surface area contributed by atoms with Crippen LogP contribution in [-0.4, -0.2) is 23.7 Å². The Morgan fingerprint density at radius 2 is 0.630 bits per heavy atom. The van der Waals surface area contributed by atoms with E-state index in [2.05, 4.69) is 118 Å². The predicted molar refractivity (Wildman–Crippen MR) is 236 cm³/mol. The van der Waals surface area contributed by atoms with E-state index in [1.54, 1.807) is 0 Å². The second kappa shape index (κ2) is 33.0. The summed E-state index contributed by atoms with van der Waals surface area (Å²) in [5.41, 5.74) is 13.0. The van der Waals surface area contributed by atoms with Gasteiger partial charge in [-0.15, -0.1) is 0 Å². The fraction of sp³-hybridized carbons (Fsp3) is 0.600. The second-order valence-electron chi connectivity index (χ2n) is 15.9. The molecule has 4 heteroatoms. The Bertz CT molecular complexity index is 1360. The number of rotatable bonds is 30. The molecule has 54 heavy (non-hydrogen) atoms. The Morgan fingerprint density at radius 1 is 0.370 bits per heavy atom. The minimum Gasteiger partial charge on any atom is -0.481 e. The van der Waals surface area contributed by atoms with Crippen LogP contribution >= 0.6 is 0 Å². The van der Waals surface area contributed by atoms with E-state index >= 15 is 0 Å². The summed E-state index contributed by atoms with van der Waals surface area (Å²) in [6.07, 6.45) is 39.5. The molecular formula is C50H80O4. The first-order chi connectivity index (χ1) is 25.7. The molecular weight excluding hydrogens is 665 g/mol. The third kappa shape index (κ3) is 34.4. The van der Waals surface area contributed by atoms with Crippen LogP contribution in [0.4, 0.5) is 0 Å². The fourth-order valence-electron chi connectivity index (χ4n) is 5.96. The van der Waals surface area contributed by atoms with E-state index in [9.17, 15) is 9.59 Å². The molecule has 0 rings (SSSR count). The number of aliphatic carboxylic acids is 1. The quantitative estimate of drug-likeness (QED) is 0.0587. The molecule has 1 N–H and O–H groups in total. The lowest BCUT2D eigenvalue weighted by Gasteiger charge is -2.04. The molecule has 0 saturated heterocycles. The number of allylic oxidation sites excluding steroid dienone is 17. The van der Waals surface area contributed by atoms with Gasteiger partial charge >= 0.3 is 11.9 Å². The first-order valence-electron chi connectivity index (χ1n) is 20.9. The van der Waals surface area contributed by atoms with Gasteiger partial charge < -0.3 is 9.84 Å². The molecule has 0 atom stereocenters. The topological polar surface area (TPSA) is 63.6 Å².